The van der Waals surface area contributed by atoms with Gasteiger partial charge in [-0.2, -0.15) is 5.10 Å². The average Bonchev–Trinajstić information content (AvgIpc) is 3.05. The number of hydrogen-bond donors (Lipinski definition) is 1. The second-order valence-corrected chi connectivity index (χ2v) is 6.93. The minimum absolute atomic E-state index is 0.104. The molecule has 2 rings (SSSR count). The molecule has 144 valence electrons. The Labute approximate surface area is 165 Å². The van der Waals surface area contributed by atoms with Crippen molar-refractivity contribution in [2.45, 2.75) is 33.8 Å². The Morgan fingerprint density at radius 1 is 1.19 bits per heavy atom. The number of aromatic amines is 1. The molecule has 2 atom stereocenters. The first-order valence-electron chi connectivity index (χ1n) is 8.49. The van der Waals surface area contributed by atoms with E-state index in [-0.39, 0.29) is 23.8 Å². The van der Waals surface area contributed by atoms with Crippen LogP contribution in [-0.2, 0) is 14.3 Å². The number of ether oxygens (including phenoxy) is 2. The first-order chi connectivity index (χ1) is 12.8. The van der Waals surface area contributed by atoms with Crippen molar-refractivity contribution < 1.29 is 23.9 Å². The summed E-state index contributed by atoms with van der Waals surface area (Å²) in [6, 6.07) is 7.15. The Morgan fingerprint density at radius 3 is 2.37 bits per heavy atom. The summed E-state index contributed by atoms with van der Waals surface area (Å²) in [6.07, 6.45) is -0.629. The number of nitrogens with one attached hydrogen (secondary N) is 1. The van der Waals surface area contributed by atoms with Crippen molar-refractivity contribution in [2.75, 3.05) is 6.61 Å². The summed E-state index contributed by atoms with van der Waals surface area (Å²) in [5.41, 5.74) is 1.22. The summed E-state index contributed by atoms with van der Waals surface area (Å²) < 4.78 is 11.0. The van der Waals surface area contributed by atoms with E-state index in [4.69, 9.17) is 9.47 Å². The zero-order valence-electron chi connectivity index (χ0n) is 15.5. The van der Waals surface area contributed by atoms with Crippen LogP contribution in [0.4, 0.5) is 0 Å². The van der Waals surface area contributed by atoms with Gasteiger partial charge in [-0.15, -0.1) is 0 Å². The number of Topliss-reactive ketones (excluding diaryl/α,β-unsaturated/α-hetero) is 1. The van der Waals surface area contributed by atoms with Crippen LogP contribution in [0.15, 0.2) is 28.7 Å². The van der Waals surface area contributed by atoms with Gasteiger partial charge in [-0.25, -0.2) is 4.79 Å². The molecule has 0 amide bonds. The van der Waals surface area contributed by atoms with Gasteiger partial charge in [0.2, 0.25) is 0 Å². The predicted octanol–water partition coefficient (Wildman–Crippen LogP) is 3.79. The topological polar surface area (TPSA) is 98.4 Å². The first-order valence-corrected chi connectivity index (χ1v) is 9.28. The van der Waals surface area contributed by atoms with Crippen LogP contribution in [0.3, 0.4) is 0 Å². The van der Waals surface area contributed by atoms with E-state index in [1.54, 1.807) is 45.0 Å². The third-order valence-corrected chi connectivity index (χ3v) is 4.61. The number of halogens is 1. The van der Waals surface area contributed by atoms with Crippen molar-refractivity contribution in [1.82, 2.24) is 10.2 Å². The van der Waals surface area contributed by atoms with Crippen molar-refractivity contribution >= 4 is 33.7 Å². The van der Waals surface area contributed by atoms with Gasteiger partial charge >= 0.3 is 11.9 Å². The van der Waals surface area contributed by atoms with Crippen LogP contribution in [0, 0.1) is 5.92 Å². The summed E-state index contributed by atoms with van der Waals surface area (Å²) in [7, 11) is 0. The first kappa shape index (κ1) is 20.8. The van der Waals surface area contributed by atoms with Crippen LogP contribution in [0.25, 0.3) is 11.1 Å². The Bertz CT molecular complexity index is 844. The zero-order valence-corrected chi connectivity index (χ0v) is 17.1. The number of carbonyl (C=O) groups excluding carboxylic acids is 3. The number of benzene rings is 1. The fourth-order valence-electron chi connectivity index (χ4n) is 2.56. The molecule has 2 unspecified atom stereocenters. The van der Waals surface area contributed by atoms with Crippen molar-refractivity contribution in [3.05, 3.63) is 40.1 Å². The molecule has 0 saturated heterocycles. The molecule has 0 bridgehead atoms. The number of esters is 2. The summed E-state index contributed by atoms with van der Waals surface area (Å²) in [4.78, 5) is 36.5. The molecule has 27 heavy (non-hydrogen) atoms. The average molecular weight is 437 g/mol. The summed E-state index contributed by atoms with van der Waals surface area (Å²) in [6.45, 7) is 6.47. The number of aromatic nitrogens is 2. The maximum atomic E-state index is 13.0. The molecule has 0 aliphatic heterocycles. The minimum Gasteiger partial charge on any atom is -0.462 e. The van der Waals surface area contributed by atoms with Crippen LogP contribution in [0.2, 0.25) is 0 Å². The Hall–Kier alpha value is -2.48. The fourth-order valence-corrected chi connectivity index (χ4v) is 2.83. The van der Waals surface area contributed by atoms with Crippen molar-refractivity contribution in [2.24, 2.45) is 5.92 Å². The van der Waals surface area contributed by atoms with E-state index in [0.29, 0.717) is 11.1 Å². The highest BCUT2D eigenvalue weighted by Crippen LogP contribution is 2.30. The molecule has 0 radical (unpaired) electrons. The molecular weight excluding hydrogens is 416 g/mol. The van der Waals surface area contributed by atoms with Gasteiger partial charge in [0.05, 0.1) is 12.5 Å². The number of nitrogens with zero attached hydrogens (tertiary/aromatic N) is 1. The van der Waals surface area contributed by atoms with Gasteiger partial charge in [-0.3, -0.25) is 14.7 Å². The van der Waals surface area contributed by atoms with Gasteiger partial charge in [0.1, 0.15) is 11.8 Å². The molecule has 2 aromatic rings. The molecule has 0 fully saturated rings. The molecule has 8 heteroatoms. The van der Waals surface area contributed by atoms with E-state index in [1.165, 1.54) is 6.92 Å². The smallest absolute Gasteiger partial charge is 0.357 e. The second kappa shape index (κ2) is 8.94. The Balaban J connectivity index is 2.50. The quantitative estimate of drug-likeness (QED) is 0.523. The van der Waals surface area contributed by atoms with Crippen molar-refractivity contribution in [3.8, 4) is 11.1 Å². The van der Waals surface area contributed by atoms with E-state index in [2.05, 4.69) is 26.1 Å². The lowest BCUT2D eigenvalue weighted by Crippen LogP contribution is -2.28. The third kappa shape index (κ3) is 4.82. The molecule has 1 aromatic heterocycles. The maximum absolute atomic E-state index is 13.0. The highest BCUT2D eigenvalue weighted by molar-refractivity contribution is 9.10. The highest BCUT2D eigenvalue weighted by Gasteiger charge is 2.31. The lowest BCUT2D eigenvalue weighted by atomic mass is 9.93. The van der Waals surface area contributed by atoms with E-state index >= 15 is 0 Å². The number of H-pyrrole nitrogens is 1. The van der Waals surface area contributed by atoms with Crippen LogP contribution >= 0.6 is 15.9 Å². The molecule has 0 aliphatic carbocycles. The number of ketones is 1. The fraction of sp³-hybridized carbons (Fsp3) is 0.368. The van der Waals surface area contributed by atoms with Gasteiger partial charge in [-0.1, -0.05) is 35.0 Å². The van der Waals surface area contributed by atoms with Gasteiger partial charge in [0.15, 0.2) is 11.5 Å². The summed E-state index contributed by atoms with van der Waals surface area (Å²) in [5, 5.41) is 6.70. The lowest BCUT2D eigenvalue weighted by Gasteiger charge is -2.18. The molecule has 7 nitrogen and oxygen atoms in total. The molecule has 0 aliphatic rings. The molecule has 1 N–H and O–H groups in total. The second-order valence-electron chi connectivity index (χ2n) is 6.02. The van der Waals surface area contributed by atoms with Gasteiger partial charge in [-0.05, 0) is 31.5 Å². The van der Waals surface area contributed by atoms with Crippen LogP contribution in [0.5, 0.6) is 0 Å². The predicted molar refractivity (Wildman–Crippen MR) is 102 cm³/mol. The number of carbonyl (C=O) groups is 3. The van der Waals surface area contributed by atoms with Gasteiger partial charge in [0.25, 0.3) is 0 Å². The third-order valence-electron chi connectivity index (χ3n) is 4.08. The summed E-state index contributed by atoms with van der Waals surface area (Å²) >= 11 is 3.36. The van der Waals surface area contributed by atoms with Crippen molar-refractivity contribution in [3.63, 3.8) is 0 Å². The Kier molecular flexibility index (Phi) is 6.90. The molecule has 1 heterocycles. The Morgan fingerprint density at radius 2 is 1.81 bits per heavy atom. The standard InChI is InChI=1S/C19H21BrN2O5/c1-5-26-19(25)17-15(13-6-8-14(20)9-7-13)16(21-22-17)18(24)10(2)11(3)27-12(4)23/h6-11H,5H2,1-4H3,(H,21,22). The lowest BCUT2D eigenvalue weighted by molar-refractivity contribution is -0.146. The van der Waals surface area contributed by atoms with E-state index < -0.39 is 24.0 Å². The normalized spacial score (nSPS) is 12.9. The van der Waals surface area contributed by atoms with Gasteiger partial charge in [0, 0.05) is 17.0 Å². The molecular formula is C19H21BrN2O5. The molecule has 0 spiro atoms. The van der Waals surface area contributed by atoms with E-state index in [1.807, 2.05) is 0 Å². The van der Waals surface area contributed by atoms with Crippen molar-refractivity contribution in [1.29, 1.82) is 0 Å². The SMILES string of the molecule is CCOC(=O)c1[nH]nc(C(=O)C(C)C(C)OC(C)=O)c1-c1ccc(Br)cc1. The summed E-state index contributed by atoms with van der Waals surface area (Å²) in [5.74, 6) is -2.04. The molecule has 0 saturated carbocycles. The molecule has 1 aromatic carbocycles. The number of hydrogen-bond acceptors (Lipinski definition) is 6. The minimum atomic E-state index is -0.638. The van der Waals surface area contributed by atoms with Crippen LogP contribution in [-0.4, -0.2) is 40.6 Å². The largest absolute Gasteiger partial charge is 0.462 e. The van der Waals surface area contributed by atoms with Crippen LogP contribution in [0.1, 0.15) is 48.7 Å². The van der Waals surface area contributed by atoms with Gasteiger partial charge < -0.3 is 9.47 Å². The zero-order chi connectivity index (χ0) is 20.1. The number of rotatable bonds is 7. The van der Waals surface area contributed by atoms with Crippen LogP contribution < -0.4 is 0 Å². The maximum Gasteiger partial charge on any atom is 0.357 e. The monoisotopic (exact) mass is 436 g/mol. The van der Waals surface area contributed by atoms with E-state index in [9.17, 15) is 14.4 Å². The van der Waals surface area contributed by atoms with E-state index in [0.717, 1.165) is 4.47 Å². The highest BCUT2D eigenvalue weighted by atomic mass is 79.9.